The Bertz CT molecular complexity index is 987. The lowest BCUT2D eigenvalue weighted by Crippen LogP contribution is -2.49. The van der Waals surface area contributed by atoms with Crippen molar-refractivity contribution < 1.29 is 18.7 Å². The fraction of sp³-hybridized carbons (Fsp3) is 0.333. The lowest BCUT2D eigenvalue weighted by Gasteiger charge is -2.35. The minimum absolute atomic E-state index is 0. The van der Waals surface area contributed by atoms with E-state index in [1.807, 2.05) is 47.0 Å². The van der Waals surface area contributed by atoms with Crippen molar-refractivity contribution in [1.82, 2.24) is 19.8 Å². The highest BCUT2D eigenvalue weighted by Crippen LogP contribution is 2.27. The van der Waals surface area contributed by atoms with Crippen LogP contribution in [0.1, 0.15) is 28.2 Å². The molecule has 0 saturated carbocycles. The van der Waals surface area contributed by atoms with Gasteiger partial charge in [0, 0.05) is 39.1 Å². The molecule has 3 heterocycles. The summed E-state index contributed by atoms with van der Waals surface area (Å²) in [7, 11) is 3.52. The predicted octanol–water partition coefficient (Wildman–Crippen LogP) is 2.81. The van der Waals surface area contributed by atoms with Crippen molar-refractivity contribution in [2.45, 2.75) is 12.6 Å². The fourth-order valence-electron chi connectivity index (χ4n) is 3.48. The van der Waals surface area contributed by atoms with Crippen LogP contribution in [0.5, 0.6) is 11.5 Å². The number of nitrogens with zero attached hydrogens (tertiary/aromatic N) is 3. The molecule has 160 valence electrons. The number of hydrogen-bond acceptors (Lipinski definition) is 6. The van der Waals surface area contributed by atoms with Gasteiger partial charge >= 0.3 is 0 Å². The first kappa shape index (κ1) is 21.7. The molecule has 1 saturated heterocycles. The van der Waals surface area contributed by atoms with Gasteiger partial charge in [0.05, 0.1) is 7.11 Å². The molecule has 0 bridgehead atoms. The molecule has 1 aliphatic heterocycles. The average molecular weight is 433 g/mol. The van der Waals surface area contributed by atoms with Crippen LogP contribution in [0, 0.1) is 0 Å². The highest BCUT2D eigenvalue weighted by atomic mass is 35.5. The fourth-order valence-corrected chi connectivity index (χ4v) is 3.48. The minimum Gasteiger partial charge on any atom is -0.493 e. The lowest BCUT2D eigenvalue weighted by atomic mass is 10.1. The number of amides is 1. The number of carbonyl (C=O) groups excluding carboxylic acids is 1. The number of nitrogens with one attached hydrogen (secondary N) is 1. The summed E-state index contributed by atoms with van der Waals surface area (Å²) in [5, 5.41) is 3.33. The van der Waals surface area contributed by atoms with Crippen LogP contribution in [-0.2, 0) is 13.7 Å². The normalized spacial score (nSPS) is 16.1. The summed E-state index contributed by atoms with van der Waals surface area (Å²) in [6.07, 6.45) is 3.62. The van der Waals surface area contributed by atoms with E-state index in [0.29, 0.717) is 36.1 Å². The molecule has 2 aromatic heterocycles. The maximum Gasteiger partial charge on any atom is 0.290 e. The number of piperazine rings is 1. The number of carbonyl (C=O) groups is 1. The molecule has 0 aliphatic carbocycles. The molecule has 1 aromatic carbocycles. The summed E-state index contributed by atoms with van der Waals surface area (Å²) in [6, 6.07) is 10.7. The van der Waals surface area contributed by atoms with Crippen molar-refractivity contribution in [1.29, 1.82) is 0 Å². The number of methoxy groups -OCH3 is 1. The molecule has 8 nitrogen and oxygen atoms in total. The summed E-state index contributed by atoms with van der Waals surface area (Å²) >= 11 is 0. The van der Waals surface area contributed by atoms with E-state index in [1.165, 1.54) is 0 Å². The first-order valence-corrected chi connectivity index (χ1v) is 9.51. The Balaban J connectivity index is 0.00000256. The number of aromatic nitrogens is 2. The first-order chi connectivity index (χ1) is 14.2. The van der Waals surface area contributed by atoms with Gasteiger partial charge in [-0.1, -0.05) is 12.1 Å². The number of halogens is 1. The second-order valence-corrected chi connectivity index (χ2v) is 6.82. The molecule has 3 aromatic rings. The molecule has 1 amide bonds. The van der Waals surface area contributed by atoms with Crippen LogP contribution in [0.2, 0.25) is 0 Å². The number of ether oxygens (including phenoxy) is 2. The summed E-state index contributed by atoms with van der Waals surface area (Å²) in [5.41, 5.74) is 0. The van der Waals surface area contributed by atoms with Crippen molar-refractivity contribution >= 4 is 18.3 Å². The van der Waals surface area contributed by atoms with Gasteiger partial charge in [-0.15, -0.1) is 12.4 Å². The Labute approximate surface area is 181 Å². The van der Waals surface area contributed by atoms with E-state index in [1.54, 1.807) is 25.4 Å². The zero-order valence-corrected chi connectivity index (χ0v) is 17.7. The number of rotatable bonds is 6. The van der Waals surface area contributed by atoms with Gasteiger partial charge < -0.3 is 28.7 Å². The molecule has 1 N–H and O–H groups in total. The first-order valence-electron chi connectivity index (χ1n) is 9.51. The summed E-state index contributed by atoms with van der Waals surface area (Å²) < 4.78 is 18.8. The quantitative estimate of drug-likeness (QED) is 0.645. The zero-order chi connectivity index (χ0) is 20.2. The molecular formula is C21H25ClN4O4. The van der Waals surface area contributed by atoms with E-state index in [-0.39, 0.29) is 31.0 Å². The van der Waals surface area contributed by atoms with Gasteiger partial charge in [0.1, 0.15) is 24.2 Å². The van der Waals surface area contributed by atoms with E-state index in [2.05, 4.69) is 10.3 Å². The Hall–Kier alpha value is -2.97. The number of para-hydroxylation sites is 2. The molecule has 9 heteroatoms. The summed E-state index contributed by atoms with van der Waals surface area (Å²) in [6.45, 7) is 2.18. The van der Waals surface area contributed by atoms with Crippen molar-refractivity contribution in [3.63, 3.8) is 0 Å². The smallest absolute Gasteiger partial charge is 0.290 e. The van der Waals surface area contributed by atoms with Gasteiger partial charge in [-0.05, 0) is 24.3 Å². The number of hydrogen-bond donors (Lipinski definition) is 1. The van der Waals surface area contributed by atoms with Gasteiger partial charge in [-0.25, -0.2) is 4.98 Å². The zero-order valence-electron chi connectivity index (χ0n) is 16.9. The maximum absolute atomic E-state index is 13.1. The van der Waals surface area contributed by atoms with E-state index in [9.17, 15) is 4.79 Å². The van der Waals surface area contributed by atoms with Gasteiger partial charge in [-0.2, -0.15) is 0 Å². The molecule has 1 unspecified atom stereocenters. The van der Waals surface area contributed by atoms with Crippen LogP contribution in [-0.4, -0.2) is 47.1 Å². The van der Waals surface area contributed by atoms with Crippen LogP contribution in [0.3, 0.4) is 0 Å². The molecule has 1 atom stereocenters. The molecule has 0 spiro atoms. The largest absolute Gasteiger partial charge is 0.493 e. The predicted molar refractivity (Wildman–Crippen MR) is 113 cm³/mol. The number of benzene rings is 1. The van der Waals surface area contributed by atoms with E-state index < -0.39 is 0 Å². The Morgan fingerprint density at radius 3 is 2.80 bits per heavy atom. The van der Waals surface area contributed by atoms with Crippen LogP contribution in [0.4, 0.5) is 0 Å². The Morgan fingerprint density at radius 1 is 1.27 bits per heavy atom. The summed E-state index contributed by atoms with van der Waals surface area (Å²) in [5.74, 6) is 2.83. The van der Waals surface area contributed by atoms with Crippen LogP contribution >= 0.6 is 12.4 Å². The molecule has 1 aliphatic rings. The van der Waals surface area contributed by atoms with Crippen LogP contribution < -0.4 is 14.8 Å². The van der Waals surface area contributed by atoms with Crippen molar-refractivity contribution in [3.8, 4) is 11.5 Å². The highest BCUT2D eigenvalue weighted by Gasteiger charge is 2.32. The Kier molecular flexibility index (Phi) is 7.02. The molecule has 30 heavy (non-hydrogen) atoms. The third-order valence-electron chi connectivity index (χ3n) is 4.97. The van der Waals surface area contributed by atoms with Crippen molar-refractivity contribution in [2.24, 2.45) is 7.05 Å². The maximum atomic E-state index is 13.1. The number of imidazole rings is 1. The Morgan fingerprint density at radius 2 is 2.07 bits per heavy atom. The molecule has 1 fully saturated rings. The van der Waals surface area contributed by atoms with Crippen molar-refractivity contribution in [3.05, 3.63) is 66.1 Å². The van der Waals surface area contributed by atoms with Gasteiger partial charge in [0.15, 0.2) is 17.3 Å². The standard InChI is InChI=1S/C21H24N4O4.ClH/c1-24-11-10-23-20(24)16-13-22-9-12-25(16)21(26)19-8-7-15(29-19)14-28-18-6-4-3-5-17(18)27-2;/h3-8,10-11,16,22H,9,12-14H2,1-2H3;1H. The third-order valence-corrected chi connectivity index (χ3v) is 4.97. The van der Waals surface area contributed by atoms with E-state index >= 15 is 0 Å². The average Bonchev–Trinajstić information content (AvgIpc) is 3.41. The molecule has 0 radical (unpaired) electrons. The third kappa shape index (κ3) is 4.44. The van der Waals surface area contributed by atoms with E-state index in [4.69, 9.17) is 13.9 Å². The van der Waals surface area contributed by atoms with Gasteiger partial charge in [0.25, 0.3) is 5.91 Å². The monoisotopic (exact) mass is 432 g/mol. The molecular weight excluding hydrogens is 408 g/mol. The number of aryl methyl sites for hydroxylation is 1. The topological polar surface area (TPSA) is 81.8 Å². The minimum atomic E-state index is -0.150. The van der Waals surface area contributed by atoms with Crippen LogP contribution in [0.15, 0.2) is 53.2 Å². The van der Waals surface area contributed by atoms with E-state index in [0.717, 1.165) is 12.4 Å². The van der Waals surface area contributed by atoms with Crippen LogP contribution in [0.25, 0.3) is 0 Å². The second-order valence-electron chi connectivity index (χ2n) is 6.82. The SMILES string of the molecule is COc1ccccc1OCc1ccc(C(=O)N2CCNCC2c2nccn2C)o1.Cl. The second kappa shape index (κ2) is 9.69. The highest BCUT2D eigenvalue weighted by molar-refractivity contribution is 5.92. The van der Waals surface area contributed by atoms with Gasteiger partial charge in [0.2, 0.25) is 0 Å². The number of furan rings is 1. The molecule has 4 rings (SSSR count). The summed E-state index contributed by atoms with van der Waals surface area (Å²) in [4.78, 5) is 19.3. The lowest BCUT2D eigenvalue weighted by molar-refractivity contribution is 0.0584. The van der Waals surface area contributed by atoms with Crippen molar-refractivity contribution in [2.75, 3.05) is 26.7 Å². The van der Waals surface area contributed by atoms with Gasteiger partial charge in [-0.3, -0.25) is 4.79 Å².